The smallest absolute Gasteiger partial charge is 0.269 e. The highest BCUT2D eigenvalue weighted by atomic mass is 16.2. The Balaban J connectivity index is 1.55. The van der Waals surface area contributed by atoms with Gasteiger partial charge in [0.1, 0.15) is 5.69 Å². The van der Waals surface area contributed by atoms with Crippen molar-refractivity contribution in [3.05, 3.63) is 35.4 Å². The van der Waals surface area contributed by atoms with Crippen molar-refractivity contribution >= 4 is 5.91 Å². The van der Waals surface area contributed by atoms with Crippen molar-refractivity contribution < 1.29 is 4.79 Å². The lowest BCUT2D eigenvalue weighted by Gasteiger charge is -2.21. The van der Waals surface area contributed by atoms with Crippen LogP contribution in [-0.2, 0) is 6.42 Å². The van der Waals surface area contributed by atoms with Gasteiger partial charge in [-0.25, -0.2) is 0 Å². The molecule has 116 valence electrons. The van der Waals surface area contributed by atoms with E-state index in [1.54, 1.807) is 12.3 Å². The Bertz CT molecular complexity index is 654. The number of rotatable bonds is 3. The summed E-state index contributed by atoms with van der Waals surface area (Å²) < 4.78 is 2.15. The molecule has 0 spiro atoms. The molecule has 6 heteroatoms. The molecule has 4 rings (SSSR count). The summed E-state index contributed by atoms with van der Waals surface area (Å²) >= 11 is 0. The number of aryl methyl sites for hydroxylation is 1. The molecule has 2 aliphatic rings. The molecule has 2 aromatic rings. The molecule has 0 aromatic carbocycles. The number of nitrogens with one attached hydrogen (secondary N) is 2. The maximum atomic E-state index is 12.2. The van der Waals surface area contributed by atoms with Gasteiger partial charge in [0, 0.05) is 12.4 Å². The van der Waals surface area contributed by atoms with Gasteiger partial charge in [0.25, 0.3) is 5.91 Å². The number of nitrogens with zero attached hydrogens (tertiary/aromatic N) is 3. The highest BCUT2D eigenvalue weighted by Crippen LogP contribution is 2.33. The van der Waals surface area contributed by atoms with Gasteiger partial charge in [0.2, 0.25) is 0 Å². The maximum absolute atomic E-state index is 12.2. The molecule has 2 N–H and O–H groups in total. The summed E-state index contributed by atoms with van der Waals surface area (Å²) in [5.74, 6) is -0.106. The number of aromatic nitrogens is 4. The molecule has 2 aromatic heterocycles. The molecule has 0 unspecified atom stereocenters. The fourth-order valence-corrected chi connectivity index (χ4v) is 3.68. The Morgan fingerprint density at radius 3 is 2.91 bits per heavy atom. The van der Waals surface area contributed by atoms with Crippen LogP contribution in [-0.4, -0.2) is 25.9 Å². The highest BCUT2D eigenvalue weighted by molar-refractivity contribution is 5.92. The third-order valence-electron chi connectivity index (χ3n) is 4.86. The molecule has 1 atom stereocenters. The Hall–Kier alpha value is -2.11. The fraction of sp³-hybridized carbons (Fsp3) is 0.562. The molecule has 0 radical (unpaired) electrons. The van der Waals surface area contributed by atoms with Crippen LogP contribution in [0.25, 0.3) is 0 Å². The normalized spacial score (nSPS) is 21.7. The lowest BCUT2D eigenvalue weighted by atomic mass is 9.93. The second-order valence-electron chi connectivity index (χ2n) is 6.35. The zero-order chi connectivity index (χ0) is 14.9. The van der Waals surface area contributed by atoms with Crippen LogP contribution in [0, 0.1) is 0 Å². The quantitative estimate of drug-likeness (QED) is 0.914. The van der Waals surface area contributed by atoms with E-state index in [1.807, 2.05) is 0 Å². The first-order chi connectivity index (χ1) is 10.8. The van der Waals surface area contributed by atoms with Crippen molar-refractivity contribution in [2.45, 2.75) is 57.0 Å². The van der Waals surface area contributed by atoms with E-state index in [0.29, 0.717) is 11.7 Å². The maximum Gasteiger partial charge on any atom is 0.269 e. The van der Waals surface area contributed by atoms with E-state index in [0.717, 1.165) is 25.0 Å². The van der Waals surface area contributed by atoms with Gasteiger partial charge >= 0.3 is 0 Å². The third-order valence-corrected chi connectivity index (χ3v) is 4.86. The van der Waals surface area contributed by atoms with Gasteiger partial charge in [-0.3, -0.25) is 14.6 Å². The first-order valence-electron chi connectivity index (χ1n) is 8.19. The monoisotopic (exact) mass is 299 g/mol. The molecule has 1 saturated carbocycles. The largest absolute Gasteiger partial charge is 0.342 e. The van der Waals surface area contributed by atoms with Gasteiger partial charge in [0.05, 0.1) is 17.8 Å². The Morgan fingerprint density at radius 1 is 1.27 bits per heavy atom. The minimum absolute atomic E-state index is 0.0159. The van der Waals surface area contributed by atoms with Crippen LogP contribution in [0.3, 0.4) is 0 Å². The van der Waals surface area contributed by atoms with E-state index in [4.69, 9.17) is 5.10 Å². The van der Waals surface area contributed by atoms with Gasteiger partial charge in [-0.2, -0.15) is 10.2 Å². The summed E-state index contributed by atoms with van der Waals surface area (Å²) in [6, 6.07) is 2.26. The lowest BCUT2D eigenvalue weighted by Crippen LogP contribution is -2.31. The lowest BCUT2D eigenvalue weighted by molar-refractivity contribution is 0.0926. The van der Waals surface area contributed by atoms with Crippen LogP contribution in [0.4, 0.5) is 0 Å². The van der Waals surface area contributed by atoms with Crippen LogP contribution < -0.4 is 5.32 Å². The van der Waals surface area contributed by atoms with Crippen molar-refractivity contribution in [2.75, 3.05) is 0 Å². The molecule has 2 heterocycles. The third kappa shape index (κ3) is 2.42. The minimum atomic E-state index is -0.106. The van der Waals surface area contributed by atoms with Crippen LogP contribution in [0.2, 0.25) is 0 Å². The molecule has 22 heavy (non-hydrogen) atoms. The van der Waals surface area contributed by atoms with Crippen molar-refractivity contribution in [3.8, 4) is 0 Å². The van der Waals surface area contributed by atoms with E-state index < -0.39 is 0 Å². The molecule has 6 nitrogen and oxygen atoms in total. The number of fused-ring (bicyclic) bond motifs is 1. The summed E-state index contributed by atoms with van der Waals surface area (Å²) in [6.45, 7) is 0. The topological polar surface area (TPSA) is 75.6 Å². The number of amides is 1. The zero-order valence-electron chi connectivity index (χ0n) is 12.6. The minimum Gasteiger partial charge on any atom is -0.342 e. The van der Waals surface area contributed by atoms with Crippen molar-refractivity contribution in [1.82, 2.24) is 25.3 Å². The van der Waals surface area contributed by atoms with E-state index in [1.165, 1.54) is 31.2 Å². The second kappa shape index (κ2) is 5.59. The number of carbonyl (C=O) groups is 1. The standard InChI is InChI=1S/C16H21N5O/c22-16(14-8-9-17-19-14)18-13-7-3-4-11-10-21(20-15(11)13)12-5-1-2-6-12/h8-10,12-13H,1-7H2,(H,17,19)(H,18,22)/t13-/m1/s1. The number of H-pyrrole nitrogens is 1. The molecule has 0 saturated heterocycles. The summed E-state index contributed by atoms with van der Waals surface area (Å²) in [7, 11) is 0. The Kier molecular flexibility index (Phi) is 3.44. The first kappa shape index (κ1) is 13.5. The van der Waals surface area contributed by atoms with Gasteiger partial charge in [-0.05, 0) is 43.7 Å². The number of hydrogen-bond donors (Lipinski definition) is 2. The summed E-state index contributed by atoms with van der Waals surface area (Å²) in [4.78, 5) is 12.2. The predicted octanol–water partition coefficient (Wildman–Crippen LogP) is 2.53. The summed E-state index contributed by atoms with van der Waals surface area (Å²) in [5, 5.41) is 14.5. The van der Waals surface area contributed by atoms with Crippen molar-refractivity contribution in [3.63, 3.8) is 0 Å². The van der Waals surface area contributed by atoms with Crippen molar-refractivity contribution in [1.29, 1.82) is 0 Å². The van der Waals surface area contributed by atoms with E-state index in [9.17, 15) is 4.79 Å². The summed E-state index contributed by atoms with van der Waals surface area (Å²) in [6.07, 6.45) is 12.0. The van der Waals surface area contributed by atoms with Crippen LogP contribution >= 0.6 is 0 Å². The average molecular weight is 299 g/mol. The van der Waals surface area contributed by atoms with E-state index >= 15 is 0 Å². The summed E-state index contributed by atoms with van der Waals surface area (Å²) in [5.41, 5.74) is 2.86. The van der Waals surface area contributed by atoms with Gasteiger partial charge in [-0.15, -0.1) is 0 Å². The molecular weight excluding hydrogens is 278 g/mol. The van der Waals surface area contributed by atoms with Crippen molar-refractivity contribution in [2.24, 2.45) is 0 Å². The molecule has 0 bridgehead atoms. The number of carbonyl (C=O) groups excluding carboxylic acids is 1. The SMILES string of the molecule is O=C(N[C@@H]1CCCc2cn(C3CCCC3)nc21)c1ccn[nH]1. The van der Waals surface area contributed by atoms with Crippen LogP contribution in [0.15, 0.2) is 18.5 Å². The molecule has 2 aliphatic carbocycles. The van der Waals surface area contributed by atoms with E-state index in [2.05, 4.69) is 26.4 Å². The van der Waals surface area contributed by atoms with E-state index in [-0.39, 0.29) is 11.9 Å². The Morgan fingerprint density at radius 2 is 2.14 bits per heavy atom. The molecular formula is C16H21N5O. The van der Waals surface area contributed by atoms with Gasteiger partial charge in [-0.1, -0.05) is 12.8 Å². The average Bonchev–Trinajstić information content (AvgIpc) is 3.27. The van der Waals surface area contributed by atoms with Crippen LogP contribution in [0.1, 0.15) is 72.4 Å². The second-order valence-corrected chi connectivity index (χ2v) is 6.35. The predicted molar refractivity (Wildman–Crippen MR) is 81.5 cm³/mol. The molecule has 1 amide bonds. The first-order valence-corrected chi connectivity index (χ1v) is 8.19. The molecule has 0 aliphatic heterocycles. The fourth-order valence-electron chi connectivity index (χ4n) is 3.68. The molecule has 1 fully saturated rings. The van der Waals surface area contributed by atoms with Crippen LogP contribution in [0.5, 0.6) is 0 Å². The van der Waals surface area contributed by atoms with Gasteiger partial charge < -0.3 is 5.32 Å². The zero-order valence-corrected chi connectivity index (χ0v) is 12.6. The number of hydrogen-bond acceptors (Lipinski definition) is 3. The van der Waals surface area contributed by atoms with Gasteiger partial charge in [0.15, 0.2) is 0 Å². The number of aromatic amines is 1. The highest BCUT2D eigenvalue weighted by Gasteiger charge is 2.28. The Labute approximate surface area is 129 Å².